The Kier molecular flexibility index (Phi) is 5.88. The van der Waals surface area contributed by atoms with Crippen molar-refractivity contribution in [2.24, 2.45) is 0 Å². The Morgan fingerprint density at radius 1 is 1.19 bits per heavy atom. The lowest BCUT2D eigenvalue weighted by molar-refractivity contribution is 0.0256. The van der Waals surface area contributed by atoms with Crippen LogP contribution in [0.5, 0.6) is 0 Å². The van der Waals surface area contributed by atoms with Crippen molar-refractivity contribution < 1.29 is 14.3 Å². The van der Waals surface area contributed by atoms with Gasteiger partial charge in [-0.3, -0.25) is 0 Å². The van der Waals surface area contributed by atoms with Crippen LogP contribution in [0.3, 0.4) is 0 Å². The van der Waals surface area contributed by atoms with Crippen molar-refractivity contribution in [1.29, 1.82) is 0 Å². The molecule has 0 unspecified atom stereocenters. The minimum absolute atomic E-state index is 0.177. The van der Waals surface area contributed by atoms with Gasteiger partial charge in [-0.25, -0.2) is 4.79 Å². The third-order valence-electron chi connectivity index (χ3n) is 4.03. The number of hydrogen-bond donors (Lipinski definition) is 0. The minimum Gasteiger partial charge on any atom is -0.444 e. The number of nitrogens with zero attached hydrogens (tertiary/aromatic N) is 2. The fourth-order valence-corrected chi connectivity index (χ4v) is 2.90. The molecule has 1 atom stereocenters. The zero-order valence-corrected chi connectivity index (χ0v) is 13.8. The van der Waals surface area contributed by atoms with Crippen LogP contribution < -0.4 is 0 Å². The van der Waals surface area contributed by atoms with Gasteiger partial charge in [-0.15, -0.1) is 0 Å². The molecule has 2 aliphatic heterocycles. The number of carbonyl (C=O) groups excluding carboxylic acids is 1. The van der Waals surface area contributed by atoms with Gasteiger partial charge in [-0.2, -0.15) is 0 Å². The first-order chi connectivity index (χ1) is 9.94. The third-order valence-corrected chi connectivity index (χ3v) is 4.03. The van der Waals surface area contributed by atoms with E-state index >= 15 is 0 Å². The Hall–Kier alpha value is -0.810. The largest absolute Gasteiger partial charge is 0.444 e. The summed E-state index contributed by atoms with van der Waals surface area (Å²) in [5.74, 6) is 0. The van der Waals surface area contributed by atoms with Gasteiger partial charge in [0.1, 0.15) is 5.60 Å². The highest BCUT2D eigenvalue weighted by Crippen LogP contribution is 2.17. The summed E-state index contributed by atoms with van der Waals surface area (Å²) >= 11 is 0. The van der Waals surface area contributed by atoms with Crippen molar-refractivity contribution in [1.82, 2.24) is 9.80 Å². The average Bonchev–Trinajstić information content (AvgIpc) is 2.78. The Morgan fingerprint density at radius 2 is 2.00 bits per heavy atom. The molecule has 2 fully saturated rings. The summed E-state index contributed by atoms with van der Waals surface area (Å²) in [4.78, 5) is 16.4. The molecule has 5 heteroatoms. The lowest BCUT2D eigenvalue weighted by atomic mass is 10.2. The Labute approximate surface area is 128 Å². The molecule has 0 aromatic heterocycles. The summed E-state index contributed by atoms with van der Waals surface area (Å²) in [6.07, 6.45) is 4.82. The van der Waals surface area contributed by atoms with Crippen molar-refractivity contribution in [2.75, 3.05) is 39.3 Å². The molecule has 0 saturated carbocycles. The molecule has 1 amide bonds. The summed E-state index contributed by atoms with van der Waals surface area (Å²) in [5, 5.41) is 0. The minimum atomic E-state index is -0.414. The molecular weight excluding hydrogens is 268 g/mol. The van der Waals surface area contributed by atoms with Crippen LogP contribution in [0.4, 0.5) is 4.79 Å². The molecular formula is C16H30N2O3. The van der Waals surface area contributed by atoms with E-state index in [1.165, 1.54) is 12.8 Å². The summed E-state index contributed by atoms with van der Waals surface area (Å²) < 4.78 is 11.1. The first-order valence-electron chi connectivity index (χ1n) is 8.26. The second kappa shape index (κ2) is 7.45. The Bertz CT molecular complexity index is 335. The first-order valence-corrected chi connectivity index (χ1v) is 8.26. The topological polar surface area (TPSA) is 42.0 Å². The van der Waals surface area contributed by atoms with E-state index in [0.29, 0.717) is 6.10 Å². The van der Waals surface area contributed by atoms with Crippen LogP contribution in [-0.4, -0.2) is 66.9 Å². The quantitative estimate of drug-likeness (QED) is 0.803. The number of carbonyl (C=O) groups is 1. The van der Waals surface area contributed by atoms with Gasteiger partial charge in [0.25, 0.3) is 0 Å². The van der Waals surface area contributed by atoms with Gasteiger partial charge in [0.05, 0.1) is 6.10 Å². The second-order valence-corrected chi connectivity index (χ2v) is 7.09. The van der Waals surface area contributed by atoms with E-state index in [-0.39, 0.29) is 6.09 Å². The van der Waals surface area contributed by atoms with Crippen molar-refractivity contribution in [2.45, 2.75) is 58.2 Å². The van der Waals surface area contributed by atoms with E-state index in [9.17, 15) is 4.79 Å². The van der Waals surface area contributed by atoms with Crippen molar-refractivity contribution in [3.63, 3.8) is 0 Å². The molecule has 0 aromatic carbocycles. The molecule has 0 radical (unpaired) electrons. The smallest absolute Gasteiger partial charge is 0.410 e. The second-order valence-electron chi connectivity index (χ2n) is 7.09. The van der Waals surface area contributed by atoms with Gasteiger partial charge in [-0.1, -0.05) is 0 Å². The lowest BCUT2D eigenvalue weighted by Gasteiger charge is -2.26. The maximum Gasteiger partial charge on any atom is 0.410 e. The Morgan fingerprint density at radius 3 is 2.67 bits per heavy atom. The molecule has 5 nitrogen and oxygen atoms in total. The molecule has 2 rings (SSSR count). The number of rotatable bonds is 3. The highest BCUT2D eigenvalue weighted by atomic mass is 16.6. The summed E-state index contributed by atoms with van der Waals surface area (Å²) in [7, 11) is 0. The highest BCUT2D eigenvalue weighted by molar-refractivity contribution is 5.68. The van der Waals surface area contributed by atoms with Crippen molar-refractivity contribution >= 4 is 6.09 Å². The zero-order chi connectivity index (χ0) is 15.3. The van der Waals surface area contributed by atoms with E-state index in [2.05, 4.69) is 4.90 Å². The molecule has 2 heterocycles. The fraction of sp³-hybridized carbons (Fsp3) is 0.938. The maximum absolute atomic E-state index is 12.1. The molecule has 2 aliphatic rings. The molecule has 21 heavy (non-hydrogen) atoms. The van der Waals surface area contributed by atoms with Gasteiger partial charge in [0.15, 0.2) is 0 Å². The molecule has 0 aromatic rings. The SMILES string of the molecule is CC(C)(C)OC(=O)N1CCCN(CC[C@H]2CCCO2)CC1. The fourth-order valence-electron chi connectivity index (χ4n) is 2.90. The van der Waals surface area contributed by atoms with Crippen LogP contribution in [-0.2, 0) is 9.47 Å². The highest BCUT2D eigenvalue weighted by Gasteiger charge is 2.25. The molecule has 0 N–H and O–H groups in total. The van der Waals surface area contributed by atoms with Gasteiger partial charge in [0.2, 0.25) is 0 Å². The van der Waals surface area contributed by atoms with E-state index < -0.39 is 5.60 Å². The third kappa shape index (κ3) is 5.83. The van der Waals surface area contributed by atoms with E-state index in [1.807, 2.05) is 25.7 Å². The predicted molar refractivity (Wildman–Crippen MR) is 82.5 cm³/mol. The molecule has 0 aliphatic carbocycles. The van der Waals surface area contributed by atoms with E-state index in [0.717, 1.165) is 52.2 Å². The summed E-state index contributed by atoms with van der Waals surface area (Å²) in [6, 6.07) is 0. The molecule has 122 valence electrons. The number of ether oxygens (including phenoxy) is 2. The standard InChI is InChI=1S/C16H30N2O3/c1-16(2,3)21-15(19)18-9-5-8-17(11-12-18)10-7-14-6-4-13-20-14/h14H,4-13H2,1-3H3/t14-/m1/s1. The normalized spacial score (nSPS) is 24.9. The van der Waals surface area contributed by atoms with Gasteiger partial charge < -0.3 is 19.3 Å². The monoisotopic (exact) mass is 298 g/mol. The van der Waals surface area contributed by atoms with Crippen molar-refractivity contribution in [3.8, 4) is 0 Å². The zero-order valence-electron chi connectivity index (χ0n) is 13.8. The summed E-state index contributed by atoms with van der Waals surface area (Å²) in [5.41, 5.74) is -0.414. The van der Waals surface area contributed by atoms with Gasteiger partial charge in [0, 0.05) is 32.8 Å². The van der Waals surface area contributed by atoms with Crippen LogP contribution >= 0.6 is 0 Å². The first kappa shape index (κ1) is 16.6. The van der Waals surface area contributed by atoms with Crippen LogP contribution in [0.1, 0.15) is 46.5 Å². The molecule has 0 bridgehead atoms. The summed E-state index contributed by atoms with van der Waals surface area (Å²) in [6.45, 7) is 11.3. The van der Waals surface area contributed by atoms with Crippen molar-refractivity contribution in [3.05, 3.63) is 0 Å². The molecule has 2 saturated heterocycles. The van der Waals surface area contributed by atoms with E-state index in [1.54, 1.807) is 0 Å². The maximum atomic E-state index is 12.1. The average molecular weight is 298 g/mol. The predicted octanol–water partition coefficient (Wildman–Crippen LogP) is 2.50. The van der Waals surface area contributed by atoms with Gasteiger partial charge >= 0.3 is 6.09 Å². The molecule has 0 spiro atoms. The van der Waals surface area contributed by atoms with E-state index in [4.69, 9.17) is 9.47 Å². The van der Waals surface area contributed by atoms with Crippen LogP contribution in [0.25, 0.3) is 0 Å². The van der Waals surface area contributed by atoms with Crippen LogP contribution in [0.15, 0.2) is 0 Å². The lowest BCUT2D eigenvalue weighted by Crippen LogP contribution is -2.39. The number of amides is 1. The Balaban J connectivity index is 1.72. The number of hydrogen-bond acceptors (Lipinski definition) is 4. The van der Waals surface area contributed by atoms with Crippen LogP contribution in [0.2, 0.25) is 0 Å². The van der Waals surface area contributed by atoms with Gasteiger partial charge in [-0.05, 0) is 53.0 Å². The van der Waals surface area contributed by atoms with Crippen LogP contribution in [0, 0.1) is 0 Å².